The molecule has 102 valence electrons. The lowest BCUT2D eigenvalue weighted by Gasteiger charge is -2.03. The third-order valence-electron chi connectivity index (χ3n) is 2.30. The first kappa shape index (κ1) is 14.6. The third-order valence-corrected chi connectivity index (χ3v) is 2.30. The lowest BCUT2D eigenvalue weighted by molar-refractivity contribution is -0.120. The number of nitrogens with one attached hydrogen (secondary N) is 2. The minimum Gasteiger partial charge on any atom is -0.396 e. The van der Waals surface area contributed by atoms with Crippen molar-refractivity contribution in [3.63, 3.8) is 0 Å². The van der Waals surface area contributed by atoms with Crippen molar-refractivity contribution >= 4 is 5.91 Å². The van der Waals surface area contributed by atoms with Crippen LogP contribution in [-0.4, -0.2) is 45.7 Å². The fourth-order valence-electron chi connectivity index (χ4n) is 1.39. The number of aliphatic hydroxyl groups is 1. The van der Waals surface area contributed by atoms with Crippen molar-refractivity contribution < 1.29 is 9.90 Å². The molecule has 0 spiro atoms. The van der Waals surface area contributed by atoms with Crippen LogP contribution in [0.1, 0.15) is 25.5 Å². The molecule has 7 heteroatoms. The average Bonchev–Trinajstić information content (AvgIpc) is 2.82. The van der Waals surface area contributed by atoms with Crippen LogP contribution in [0.3, 0.4) is 0 Å². The van der Waals surface area contributed by atoms with Crippen LogP contribution in [0.15, 0.2) is 6.20 Å². The zero-order chi connectivity index (χ0) is 13.2. The van der Waals surface area contributed by atoms with Gasteiger partial charge in [0.15, 0.2) is 0 Å². The molecule has 0 radical (unpaired) electrons. The van der Waals surface area contributed by atoms with Gasteiger partial charge in [0.2, 0.25) is 5.91 Å². The van der Waals surface area contributed by atoms with Crippen LogP contribution in [0.2, 0.25) is 0 Å². The Morgan fingerprint density at radius 2 is 2.39 bits per heavy atom. The van der Waals surface area contributed by atoms with Crippen LogP contribution in [0.5, 0.6) is 0 Å². The molecule has 0 aliphatic carbocycles. The van der Waals surface area contributed by atoms with E-state index in [4.69, 9.17) is 5.11 Å². The molecule has 0 saturated heterocycles. The molecule has 1 heterocycles. The number of aromatic nitrogens is 3. The summed E-state index contributed by atoms with van der Waals surface area (Å²) in [6.07, 6.45) is 3.41. The highest BCUT2D eigenvalue weighted by atomic mass is 16.3. The van der Waals surface area contributed by atoms with Gasteiger partial charge in [0.05, 0.1) is 12.2 Å². The van der Waals surface area contributed by atoms with Gasteiger partial charge in [-0.05, 0) is 12.8 Å². The van der Waals surface area contributed by atoms with E-state index in [9.17, 15) is 4.79 Å². The SMILES string of the molecule is CCCNC(=O)CNCc1cn(CCCO)nn1. The molecule has 0 aliphatic rings. The molecule has 1 amide bonds. The van der Waals surface area contributed by atoms with Gasteiger partial charge < -0.3 is 15.7 Å². The van der Waals surface area contributed by atoms with E-state index in [1.54, 1.807) is 4.68 Å². The predicted octanol–water partition coefficient (Wildman–Crippen LogP) is -0.724. The lowest BCUT2D eigenvalue weighted by atomic mass is 10.4. The summed E-state index contributed by atoms with van der Waals surface area (Å²) in [5, 5.41) is 22.4. The van der Waals surface area contributed by atoms with Gasteiger partial charge >= 0.3 is 0 Å². The highest BCUT2D eigenvalue weighted by Crippen LogP contribution is 1.93. The van der Waals surface area contributed by atoms with Gasteiger partial charge in [0.25, 0.3) is 0 Å². The first-order valence-electron chi connectivity index (χ1n) is 6.23. The number of hydrogen-bond acceptors (Lipinski definition) is 5. The Hall–Kier alpha value is -1.47. The second-order valence-electron chi connectivity index (χ2n) is 4.00. The molecule has 7 nitrogen and oxygen atoms in total. The molecule has 0 atom stereocenters. The fraction of sp³-hybridized carbons (Fsp3) is 0.727. The van der Waals surface area contributed by atoms with Crippen LogP contribution >= 0.6 is 0 Å². The minimum absolute atomic E-state index is 0.00970. The number of aryl methyl sites for hydroxylation is 1. The van der Waals surface area contributed by atoms with E-state index in [0.29, 0.717) is 26.1 Å². The number of amides is 1. The molecule has 0 aliphatic heterocycles. The largest absolute Gasteiger partial charge is 0.396 e. The summed E-state index contributed by atoms with van der Waals surface area (Å²) in [7, 11) is 0. The summed E-state index contributed by atoms with van der Waals surface area (Å²) in [6.45, 7) is 4.31. The molecule has 0 bridgehead atoms. The van der Waals surface area contributed by atoms with Crippen molar-refractivity contribution in [1.29, 1.82) is 0 Å². The van der Waals surface area contributed by atoms with Crippen molar-refractivity contribution in [2.45, 2.75) is 32.9 Å². The summed E-state index contributed by atoms with van der Waals surface area (Å²) in [6, 6.07) is 0. The first-order valence-corrected chi connectivity index (χ1v) is 6.23. The molecule has 1 aromatic rings. The monoisotopic (exact) mass is 255 g/mol. The maximum atomic E-state index is 11.3. The van der Waals surface area contributed by atoms with Crippen molar-refractivity contribution in [2.75, 3.05) is 19.7 Å². The Morgan fingerprint density at radius 1 is 1.56 bits per heavy atom. The highest BCUT2D eigenvalue weighted by Gasteiger charge is 2.02. The molecule has 1 rings (SSSR count). The molecule has 3 N–H and O–H groups in total. The molecular formula is C11H21N5O2. The number of rotatable bonds is 9. The summed E-state index contributed by atoms with van der Waals surface area (Å²) >= 11 is 0. The molecular weight excluding hydrogens is 234 g/mol. The van der Waals surface area contributed by atoms with Gasteiger partial charge in [-0.25, -0.2) is 0 Å². The first-order chi connectivity index (χ1) is 8.76. The second kappa shape index (κ2) is 8.60. The Bertz CT molecular complexity index is 353. The average molecular weight is 255 g/mol. The van der Waals surface area contributed by atoms with Crippen molar-refractivity contribution in [2.24, 2.45) is 0 Å². The number of carbonyl (C=O) groups excluding carboxylic acids is 1. The van der Waals surface area contributed by atoms with Crippen LogP contribution in [0.4, 0.5) is 0 Å². The van der Waals surface area contributed by atoms with Crippen LogP contribution in [0.25, 0.3) is 0 Å². The summed E-state index contributed by atoms with van der Waals surface area (Å²) in [4.78, 5) is 11.3. The molecule has 18 heavy (non-hydrogen) atoms. The van der Waals surface area contributed by atoms with E-state index < -0.39 is 0 Å². The number of nitrogens with zero attached hydrogens (tertiary/aromatic N) is 3. The van der Waals surface area contributed by atoms with E-state index in [1.807, 2.05) is 13.1 Å². The fourth-order valence-corrected chi connectivity index (χ4v) is 1.39. The lowest BCUT2D eigenvalue weighted by Crippen LogP contribution is -2.34. The second-order valence-corrected chi connectivity index (χ2v) is 4.00. The zero-order valence-corrected chi connectivity index (χ0v) is 10.7. The van der Waals surface area contributed by atoms with Gasteiger partial charge in [0, 0.05) is 32.4 Å². The summed E-state index contributed by atoms with van der Waals surface area (Å²) in [5.41, 5.74) is 0.788. The molecule has 0 fully saturated rings. The van der Waals surface area contributed by atoms with Gasteiger partial charge in [-0.2, -0.15) is 0 Å². The highest BCUT2D eigenvalue weighted by molar-refractivity contribution is 5.77. The maximum Gasteiger partial charge on any atom is 0.233 e. The van der Waals surface area contributed by atoms with Gasteiger partial charge in [-0.1, -0.05) is 12.1 Å². The van der Waals surface area contributed by atoms with Gasteiger partial charge in [0.1, 0.15) is 0 Å². The van der Waals surface area contributed by atoms with Crippen molar-refractivity contribution in [3.05, 3.63) is 11.9 Å². The van der Waals surface area contributed by atoms with E-state index in [0.717, 1.165) is 12.1 Å². The standard InChI is InChI=1S/C11H21N5O2/c1-2-4-13-11(18)8-12-7-10-9-16(15-14-10)5-3-6-17/h9,12,17H,2-8H2,1H3,(H,13,18). The number of hydrogen-bond donors (Lipinski definition) is 3. The number of aliphatic hydroxyl groups excluding tert-OH is 1. The van der Waals surface area contributed by atoms with Gasteiger partial charge in [-0.15, -0.1) is 5.10 Å². The minimum atomic E-state index is -0.00970. The Morgan fingerprint density at radius 3 is 3.11 bits per heavy atom. The Labute approximate surface area is 107 Å². The van der Waals surface area contributed by atoms with E-state index in [-0.39, 0.29) is 19.1 Å². The summed E-state index contributed by atoms with van der Waals surface area (Å²) in [5.74, 6) is -0.00970. The molecule has 1 aromatic heterocycles. The van der Waals surface area contributed by atoms with E-state index in [2.05, 4.69) is 20.9 Å². The van der Waals surface area contributed by atoms with Crippen LogP contribution in [-0.2, 0) is 17.9 Å². The quantitative estimate of drug-likeness (QED) is 0.541. The molecule has 0 unspecified atom stereocenters. The normalized spacial score (nSPS) is 10.6. The van der Waals surface area contributed by atoms with Crippen LogP contribution < -0.4 is 10.6 Å². The molecule has 0 saturated carbocycles. The van der Waals surface area contributed by atoms with Crippen molar-refractivity contribution in [3.8, 4) is 0 Å². The molecule has 0 aromatic carbocycles. The topological polar surface area (TPSA) is 92.1 Å². The van der Waals surface area contributed by atoms with E-state index in [1.165, 1.54) is 0 Å². The maximum absolute atomic E-state index is 11.3. The van der Waals surface area contributed by atoms with Crippen molar-refractivity contribution in [1.82, 2.24) is 25.6 Å². The van der Waals surface area contributed by atoms with Gasteiger partial charge in [-0.3, -0.25) is 9.48 Å². The van der Waals surface area contributed by atoms with E-state index >= 15 is 0 Å². The van der Waals surface area contributed by atoms with Crippen LogP contribution in [0, 0.1) is 0 Å². The Balaban J connectivity index is 2.18. The predicted molar refractivity (Wildman–Crippen MR) is 66.7 cm³/mol. The Kier molecular flexibility index (Phi) is 6.97. The smallest absolute Gasteiger partial charge is 0.233 e. The number of carbonyl (C=O) groups is 1. The third kappa shape index (κ3) is 5.74. The zero-order valence-electron chi connectivity index (χ0n) is 10.7. The summed E-state index contributed by atoms with van der Waals surface area (Å²) < 4.78 is 1.68.